The third-order valence-corrected chi connectivity index (χ3v) is 3.35. The van der Waals surface area contributed by atoms with E-state index in [0.29, 0.717) is 17.1 Å². The third-order valence-electron chi connectivity index (χ3n) is 2.86. The lowest BCUT2D eigenvalue weighted by atomic mass is 10.1. The van der Waals surface area contributed by atoms with E-state index in [4.69, 9.17) is 9.15 Å². The highest BCUT2D eigenvalue weighted by Gasteiger charge is 2.11. The first-order chi connectivity index (χ1) is 10.6. The lowest BCUT2D eigenvalue weighted by Crippen LogP contribution is -2.23. The SMILES string of the molecule is COc1ccc(Br)cc1/C=C(/C#N)C(=O)NCc1ccco1. The Kier molecular flexibility index (Phi) is 5.39. The molecule has 0 aliphatic carbocycles. The monoisotopic (exact) mass is 360 g/mol. The van der Waals surface area contributed by atoms with E-state index >= 15 is 0 Å². The summed E-state index contributed by atoms with van der Waals surface area (Å²) in [6.45, 7) is 0.223. The number of ether oxygens (including phenoxy) is 1. The number of hydrogen-bond acceptors (Lipinski definition) is 4. The molecule has 22 heavy (non-hydrogen) atoms. The summed E-state index contributed by atoms with van der Waals surface area (Å²) in [5.41, 5.74) is 0.629. The fraction of sp³-hybridized carbons (Fsp3) is 0.125. The Morgan fingerprint density at radius 3 is 2.95 bits per heavy atom. The van der Waals surface area contributed by atoms with Crippen LogP contribution in [0.1, 0.15) is 11.3 Å². The van der Waals surface area contributed by atoms with Gasteiger partial charge in [0.2, 0.25) is 0 Å². The van der Waals surface area contributed by atoms with Crippen LogP contribution in [-0.4, -0.2) is 13.0 Å². The largest absolute Gasteiger partial charge is 0.496 e. The van der Waals surface area contributed by atoms with Gasteiger partial charge in [0.25, 0.3) is 5.91 Å². The van der Waals surface area contributed by atoms with Crippen molar-refractivity contribution in [1.29, 1.82) is 5.26 Å². The Hall–Kier alpha value is -2.52. The molecule has 1 heterocycles. The van der Waals surface area contributed by atoms with Gasteiger partial charge >= 0.3 is 0 Å². The maximum atomic E-state index is 12.1. The molecule has 0 fully saturated rings. The van der Waals surface area contributed by atoms with Gasteiger partial charge < -0.3 is 14.5 Å². The second-order valence-electron chi connectivity index (χ2n) is 4.32. The summed E-state index contributed by atoms with van der Waals surface area (Å²) in [6, 6.07) is 10.7. The number of carbonyl (C=O) groups is 1. The van der Waals surface area contributed by atoms with Gasteiger partial charge in [-0.05, 0) is 36.4 Å². The highest BCUT2D eigenvalue weighted by Crippen LogP contribution is 2.25. The molecule has 1 N–H and O–H groups in total. The van der Waals surface area contributed by atoms with Crippen molar-refractivity contribution in [2.45, 2.75) is 6.54 Å². The smallest absolute Gasteiger partial charge is 0.262 e. The molecule has 0 bridgehead atoms. The first-order valence-electron chi connectivity index (χ1n) is 6.40. The summed E-state index contributed by atoms with van der Waals surface area (Å²) in [6.07, 6.45) is 3.01. The molecule has 0 atom stereocenters. The molecule has 0 saturated heterocycles. The normalized spacial score (nSPS) is 10.9. The predicted molar refractivity (Wildman–Crippen MR) is 84.8 cm³/mol. The summed E-state index contributed by atoms with van der Waals surface area (Å²) in [4.78, 5) is 12.1. The molecular formula is C16H13BrN2O3. The number of halogens is 1. The number of amides is 1. The molecule has 112 valence electrons. The van der Waals surface area contributed by atoms with Crippen LogP contribution in [0.3, 0.4) is 0 Å². The van der Waals surface area contributed by atoms with Crippen LogP contribution in [0.15, 0.2) is 51.1 Å². The van der Waals surface area contributed by atoms with Gasteiger partial charge in [-0.3, -0.25) is 4.79 Å². The number of nitrogens with zero attached hydrogens (tertiary/aromatic N) is 1. The van der Waals surface area contributed by atoms with Gasteiger partial charge in [0, 0.05) is 10.0 Å². The van der Waals surface area contributed by atoms with Crippen LogP contribution in [0.2, 0.25) is 0 Å². The summed E-state index contributed by atoms with van der Waals surface area (Å²) in [7, 11) is 1.53. The molecule has 0 radical (unpaired) electrons. The molecule has 0 aliphatic rings. The highest BCUT2D eigenvalue weighted by molar-refractivity contribution is 9.10. The van der Waals surface area contributed by atoms with E-state index in [9.17, 15) is 10.1 Å². The van der Waals surface area contributed by atoms with Crippen LogP contribution in [0.5, 0.6) is 5.75 Å². The van der Waals surface area contributed by atoms with Crippen LogP contribution in [0.25, 0.3) is 6.08 Å². The van der Waals surface area contributed by atoms with Crippen molar-refractivity contribution in [1.82, 2.24) is 5.32 Å². The second kappa shape index (κ2) is 7.48. The Labute approximate surface area is 136 Å². The van der Waals surface area contributed by atoms with Gasteiger partial charge in [-0.2, -0.15) is 5.26 Å². The van der Waals surface area contributed by atoms with Crippen molar-refractivity contribution in [3.63, 3.8) is 0 Å². The molecule has 2 aromatic rings. The number of benzene rings is 1. The van der Waals surface area contributed by atoms with Crippen molar-refractivity contribution >= 4 is 27.9 Å². The number of furan rings is 1. The molecule has 2 rings (SSSR count). The third kappa shape index (κ3) is 3.99. The number of nitriles is 1. The van der Waals surface area contributed by atoms with Crippen molar-refractivity contribution < 1.29 is 13.9 Å². The van der Waals surface area contributed by atoms with Gasteiger partial charge in [0.15, 0.2) is 0 Å². The number of rotatable bonds is 5. The minimum Gasteiger partial charge on any atom is -0.496 e. The van der Waals surface area contributed by atoms with Crippen LogP contribution in [0.4, 0.5) is 0 Å². The zero-order valence-corrected chi connectivity index (χ0v) is 13.4. The Morgan fingerprint density at radius 1 is 1.50 bits per heavy atom. The lowest BCUT2D eigenvalue weighted by molar-refractivity contribution is -0.117. The standard InChI is InChI=1S/C16H13BrN2O3/c1-21-15-5-4-13(17)8-11(15)7-12(9-18)16(20)19-10-14-3-2-6-22-14/h2-8H,10H2,1H3,(H,19,20)/b12-7-. The highest BCUT2D eigenvalue weighted by atomic mass is 79.9. The zero-order valence-electron chi connectivity index (χ0n) is 11.8. The fourth-order valence-electron chi connectivity index (χ4n) is 1.80. The average Bonchev–Trinajstić information content (AvgIpc) is 3.04. The topological polar surface area (TPSA) is 75.3 Å². The Morgan fingerprint density at radius 2 is 2.32 bits per heavy atom. The van der Waals surface area contributed by atoms with Crippen molar-refractivity contribution in [2.24, 2.45) is 0 Å². The maximum absolute atomic E-state index is 12.1. The Bertz CT molecular complexity index is 730. The first kappa shape index (κ1) is 15.9. The summed E-state index contributed by atoms with van der Waals surface area (Å²) in [5.74, 6) is 0.724. The molecule has 0 aliphatic heterocycles. The second-order valence-corrected chi connectivity index (χ2v) is 5.23. The van der Waals surface area contributed by atoms with Crippen molar-refractivity contribution in [2.75, 3.05) is 7.11 Å². The molecule has 0 unspecified atom stereocenters. The van der Waals surface area contributed by atoms with Crippen LogP contribution >= 0.6 is 15.9 Å². The molecule has 1 aromatic heterocycles. The lowest BCUT2D eigenvalue weighted by Gasteiger charge is -2.06. The minimum atomic E-state index is -0.471. The molecule has 0 spiro atoms. The van der Waals surface area contributed by atoms with E-state index in [2.05, 4.69) is 21.2 Å². The number of nitrogens with one attached hydrogen (secondary N) is 1. The fourth-order valence-corrected chi connectivity index (χ4v) is 2.18. The van der Waals surface area contributed by atoms with Crippen LogP contribution in [0, 0.1) is 11.3 Å². The van der Waals surface area contributed by atoms with Crippen molar-refractivity contribution in [3.05, 3.63) is 58.0 Å². The molecule has 0 saturated carbocycles. The first-order valence-corrected chi connectivity index (χ1v) is 7.19. The van der Waals surface area contributed by atoms with Crippen LogP contribution < -0.4 is 10.1 Å². The summed E-state index contributed by atoms with van der Waals surface area (Å²) < 4.78 is 11.2. The quantitative estimate of drug-likeness (QED) is 0.655. The Balaban J connectivity index is 2.18. The molecule has 5 nitrogen and oxygen atoms in total. The number of methoxy groups -OCH3 is 1. The molecule has 1 amide bonds. The summed E-state index contributed by atoms with van der Waals surface area (Å²) >= 11 is 3.35. The van der Waals surface area contributed by atoms with Gasteiger partial charge in [-0.15, -0.1) is 0 Å². The number of carbonyl (C=O) groups excluding carboxylic acids is 1. The average molecular weight is 361 g/mol. The van der Waals surface area contributed by atoms with E-state index in [1.54, 1.807) is 24.3 Å². The van der Waals surface area contributed by atoms with Gasteiger partial charge in [-0.1, -0.05) is 15.9 Å². The van der Waals surface area contributed by atoms with E-state index in [0.717, 1.165) is 4.47 Å². The minimum absolute atomic E-state index is 0.0112. The van der Waals surface area contributed by atoms with Crippen molar-refractivity contribution in [3.8, 4) is 11.8 Å². The number of hydrogen-bond donors (Lipinski definition) is 1. The molecule has 1 aromatic carbocycles. The summed E-state index contributed by atoms with van der Waals surface area (Å²) in [5, 5.41) is 11.8. The van der Waals surface area contributed by atoms with E-state index in [-0.39, 0.29) is 12.1 Å². The van der Waals surface area contributed by atoms with E-state index in [1.165, 1.54) is 19.4 Å². The van der Waals surface area contributed by atoms with Gasteiger partial charge in [0.05, 0.1) is 19.9 Å². The molecular weight excluding hydrogens is 348 g/mol. The molecule has 6 heteroatoms. The maximum Gasteiger partial charge on any atom is 0.262 e. The van der Waals surface area contributed by atoms with E-state index in [1.807, 2.05) is 12.1 Å². The van der Waals surface area contributed by atoms with Gasteiger partial charge in [-0.25, -0.2) is 0 Å². The van der Waals surface area contributed by atoms with Crippen LogP contribution in [-0.2, 0) is 11.3 Å². The van der Waals surface area contributed by atoms with Gasteiger partial charge in [0.1, 0.15) is 23.2 Å². The zero-order chi connectivity index (χ0) is 15.9. The predicted octanol–water partition coefficient (Wildman–Crippen LogP) is 3.27. The van der Waals surface area contributed by atoms with E-state index < -0.39 is 5.91 Å².